The van der Waals surface area contributed by atoms with Gasteiger partial charge in [0.1, 0.15) is 23.7 Å². The summed E-state index contributed by atoms with van der Waals surface area (Å²) < 4.78 is 13.4. The van der Waals surface area contributed by atoms with Gasteiger partial charge in [0.15, 0.2) is 11.4 Å². The van der Waals surface area contributed by atoms with Crippen LogP contribution in [0.15, 0.2) is 41.1 Å². The quantitative estimate of drug-likeness (QED) is 0.481. The molecule has 4 aromatic rings. The van der Waals surface area contributed by atoms with Crippen molar-refractivity contribution in [2.24, 2.45) is 5.73 Å². The minimum absolute atomic E-state index is 0.103. The van der Waals surface area contributed by atoms with E-state index < -0.39 is 6.09 Å². The van der Waals surface area contributed by atoms with Crippen molar-refractivity contribution >= 4 is 28.5 Å². The topological polar surface area (TPSA) is 135 Å². The monoisotopic (exact) mass is 437 g/mol. The number of hydrogen-bond acceptors (Lipinski definition) is 8. The molecule has 1 aliphatic heterocycles. The number of rotatable bonds is 5. The van der Waals surface area contributed by atoms with Crippen molar-refractivity contribution in [3.8, 4) is 17.3 Å². The maximum Gasteiger partial charge on any atom is 0.407 e. The Labute approximate surface area is 183 Å². The Balaban J connectivity index is 1.48. The van der Waals surface area contributed by atoms with Gasteiger partial charge in [0.2, 0.25) is 5.88 Å². The Hall–Kier alpha value is -3.86. The highest BCUT2D eigenvalue weighted by Gasteiger charge is 2.24. The highest BCUT2D eigenvalue weighted by molar-refractivity contribution is 5.92. The molecule has 11 nitrogen and oxygen atoms in total. The second kappa shape index (κ2) is 8.00. The van der Waals surface area contributed by atoms with Gasteiger partial charge in [0.05, 0.1) is 11.6 Å². The third-order valence-corrected chi connectivity index (χ3v) is 5.36. The molecule has 5 rings (SSSR count). The van der Waals surface area contributed by atoms with Gasteiger partial charge in [-0.2, -0.15) is 0 Å². The highest BCUT2D eigenvalue weighted by atomic mass is 16.5. The first kappa shape index (κ1) is 20.1. The Morgan fingerprint density at radius 3 is 2.81 bits per heavy atom. The zero-order valence-corrected chi connectivity index (χ0v) is 17.5. The zero-order chi connectivity index (χ0) is 22.2. The molecule has 1 aliphatic rings. The molecule has 0 unspecified atom stereocenters. The van der Waals surface area contributed by atoms with Crippen LogP contribution in [0.25, 0.3) is 28.1 Å². The second-order valence-electron chi connectivity index (χ2n) is 7.79. The van der Waals surface area contributed by atoms with Gasteiger partial charge in [-0.1, -0.05) is 0 Å². The fourth-order valence-electron chi connectivity index (χ4n) is 3.75. The van der Waals surface area contributed by atoms with Gasteiger partial charge in [0, 0.05) is 44.5 Å². The lowest BCUT2D eigenvalue weighted by Crippen LogP contribution is -2.48. The van der Waals surface area contributed by atoms with Gasteiger partial charge < -0.3 is 29.8 Å². The number of aromatic nitrogens is 4. The van der Waals surface area contributed by atoms with E-state index in [0.29, 0.717) is 61.4 Å². The molecule has 4 aromatic heterocycles. The van der Waals surface area contributed by atoms with Crippen LogP contribution in [0.5, 0.6) is 5.88 Å². The summed E-state index contributed by atoms with van der Waals surface area (Å²) >= 11 is 0. The van der Waals surface area contributed by atoms with E-state index in [0.717, 1.165) is 11.2 Å². The summed E-state index contributed by atoms with van der Waals surface area (Å²) in [6.45, 7) is 4.21. The number of carboxylic acid groups (broad SMARTS) is 1. The summed E-state index contributed by atoms with van der Waals surface area (Å²) in [5, 5.41) is 14.6. The number of nitrogens with two attached hydrogens (primary N) is 1. The number of ether oxygens (including phenoxy) is 1. The maximum absolute atomic E-state index is 11.2. The molecule has 0 aliphatic carbocycles. The van der Waals surface area contributed by atoms with E-state index >= 15 is 0 Å². The van der Waals surface area contributed by atoms with Gasteiger partial charge >= 0.3 is 6.09 Å². The van der Waals surface area contributed by atoms with Gasteiger partial charge in [-0.15, -0.1) is 5.10 Å². The van der Waals surface area contributed by atoms with Crippen LogP contribution in [0.2, 0.25) is 0 Å². The van der Waals surface area contributed by atoms with Crippen LogP contribution in [-0.4, -0.2) is 74.5 Å². The first-order chi connectivity index (χ1) is 15.5. The van der Waals surface area contributed by atoms with Crippen molar-refractivity contribution in [3.05, 3.63) is 36.7 Å². The molecule has 1 amide bonds. The lowest BCUT2D eigenvalue weighted by Gasteiger charge is -2.34. The van der Waals surface area contributed by atoms with Crippen LogP contribution < -0.4 is 15.4 Å². The number of carbonyl (C=O) groups is 1. The number of fused-ring (bicyclic) bond motifs is 2. The lowest BCUT2D eigenvalue weighted by atomic mass is 10.2. The molecule has 0 spiro atoms. The van der Waals surface area contributed by atoms with Crippen molar-refractivity contribution in [2.75, 3.05) is 37.7 Å². The Morgan fingerprint density at radius 2 is 2.06 bits per heavy atom. The minimum Gasteiger partial charge on any atom is -0.475 e. The van der Waals surface area contributed by atoms with Crippen molar-refractivity contribution in [2.45, 2.75) is 13.0 Å². The summed E-state index contributed by atoms with van der Waals surface area (Å²) in [6, 6.07) is 7.20. The summed E-state index contributed by atoms with van der Waals surface area (Å²) in [7, 11) is 0. The van der Waals surface area contributed by atoms with E-state index in [4.69, 9.17) is 14.9 Å². The van der Waals surface area contributed by atoms with E-state index in [9.17, 15) is 9.90 Å². The molecule has 1 fully saturated rings. The summed E-state index contributed by atoms with van der Waals surface area (Å²) in [6.07, 6.45) is 2.50. The fraction of sp³-hybridized carbons (Fsp3) is 0.333. The number of amides is 1. The second-order valence-corrected chi connectivity index (χ2v) is 7.79. The highest BCUT2D eigenvalue weighted by Crippen LogP contribution is 2.33. The molecule has 3 N–H and O–H groups in total. The standard InChI is InChI=1S/C21H23N7O4/c1-13(22)12-31-19-3-2-18-24-11-15(28(18)25-19)17-10-14-16(32-17)4-5-23-20(14)26-6-8-27(9-7-26)21(29)30/h2-5,10-11,13H,6-9,12,22H2,1H3,(H,29,30)/t13-/m0/s1. The number of hydrogen-bond donors (Lipinski definition) is 2. The summed E-state index contributed by atoms with van der Waals surface area (Å²) in [5.74, 6) is 1.82. The first-order valence-corrected chi connectivity index (χ1v) is 10.3. The van der Waals surface area contributed by atoms with Gasteiger partial charge in [0.25, 0.3) is 0 Å². The molecule has 32 heavy (non-hydrogen) atoms. The van der Waals surface area contributed by atoms with Crippen LogP contribution in [0.4, 0.5) is 10.6 Å². The van der Waals surface area contributed by atoms with Crippen LogP contribution >= 0.6 is 0 Å². The average molecular weight is 437 g/mol. The number of anilines is 1. The predicted octanol–water partition coefficient (Wildman–Crippen LogP) is 2.06. The number of piperazine rings is 1. The molecular formula is C21H23N7O4. The first-order valence-electron chi connectivity index (χ1n) is 10.3. The normalized spacial score (nSPS) is 15.4. The molecule has 5 heterocycles. The minimum atomic E-state index is -0.897. The number of imidazole rings is 1. The molecule has 0 saturated carbocycles. The number of pyridine rings is 1. The van der Waals surface area contributed by atoms with E-state index in [1.807, 2.05) is 25.1 Å². The molecule has 0 aromatic carbocycles. The van der Waals surface area contributed by atoms with Gasteiger partial charge in [-0.3, -0.25) is 0 Å². The molecule has 0 radical (unpaired) electrons. The lowest BCUT2D eigenvalue weighted by molar-refractivity contribution is 0.142. The van der Waals surface area contributed by atoms with Crippen LogP contribution in [0, 0.1) is 0 Å². The van der Waals surface area contributed by atoms with E-state index in [2.05, 4.69) is 20.0 Å². The third kappa shape index (κ3) is 3.66. The maximum atomic E-state index is 11.2. The largest absolute Gasteiger partial charge is 0.475 e. The molecule has 1 saturated heterocycles. The average Bonchev–Trinajstić information content (AvgIpc) is 3.41. The van der Waals surface area contributed by atoms with Crippen molar-refractivity contribution in [3.63, 3.8) is 0 Å². The summed E-state index contributed by atoms with van der Waals surface area (Å²) in [5.41, 5.74) is 7.80. The smallest absolute Gasteiger partial charge is 0.407 e. The Morgan fingerprint density at radius 1 is 1.25 bits per heavy atom. The summed E-state index contributed by atoms with van der Waals surface area (Å²) in [4.78, 5) is 23.6. The Kier molecular flexibility index (Phi) is 5.02. The van der Waals surface area contributed by atoms with Crippen LogP contribution in [0.3, 0.4) is 0 Å². The van der Waals surface area contributed by atoms with Crippen molar-refractivity contribution < 1.29 is 19.1 Å². The van der Waals surface area contributed by atoms with E-state index in [1.54, 1.807) is 23.0 Å². The van der Waals surface area contributed by atoms with Gasteiger partial charge in [-0.25, -0.2) is 19.3 Å². The van der Waals surface area contributed by atoms with Crippen molar-refractivity contribution in [1.82, 2.24) is 24.5 Å². The fourth-order valence-corrected chi connectivity index (χ4v) is 3.75. The van der Waals surface area contributed by atoms with Crippen LogP contribution in [-0.2, 0) is 0 Å². The Bertz CT molecular complexity index is 1270. The zero-order valence-electron chi connectivity index (χ0n) is 17.5. The SMILES string of the molecule is C[C@H](N)COc1ccc2ncc(-c3cc4c(N5CCN(C(=O)O)CC5)nccc4o3)n2n1. The molecule has 0 bridgehead atoms. The molecule has 1 atom stereocenters. The number of furan rings is 1. The molecular weight excluding hydrogens is 414 g/mol. The van der Waals surface area contributed by atoms with Crippen LogP contribution in [0.1, 0.15) is 6.92 Å². The van der Waals surface area contributed by atoms with E-state index in [1.165, 1.54) is 4.90 Å². The van der Waals surface area contributed by atoms with Crippen molar-refractivity contribution in [1.29, 1.82) is 0 Å². The van der Waals surface area contributed by atoms with E-state index in [-0.39, 0.29) is 6.04 Å². The van der Waals surface area contributed by atoms with Gasteiger partial charge in [-0.05, 0) is 25.1 Å². The third-order valence-electron chi connectivity index (χ3n) is 5.36. The molecule has 166 valence electrons. The molecule has 11 heteroatoms. The number of nitrogens with zero attached hydrogens (tertiary/aromatic N) is 6. The predicted molar refractivity (Wildman–Crippen MR) is 117 cm³/mol.